The first-order chi connectivity index (χ1) is 29.5. The monoisotopic (exact) mass is 831 g/mol. The Kier molecular flexibility index (Phi) is 44.6. The molecule has 0 aliphatic carbocycles. The van der Waals surface area contributed by atoms with Gasteiger partial charge in [0.1, 0.15) is 13.2 Å². The van der Waals surface area contributed by atoms with Gasteiger partial charge in [0, 0.05) is 12.8 Å². The molecule has 0 amide bonds. The summed E-state index contributed by atoms with van der Waals surface area (Å²) in [6.45, 7) is 6.22. The third-order valence-electron chi connectivity index (χ3n) is 9.72. The Morgan fingerprint density at radius 2 is 0.783 bits per heavy atom. The smallest absolute Gasteiger partial charge is 0.309 e. The summed E-state index contributed by atoms with van der Waals surface area (Å²) in [7, 11) is 0. The van der Waals surface area contributed by atoms with Gasteiger partial charge in [-0.15, -0.1) is 0 Å². The van der Waals surface area contributed by atoms with Crippen LogP contribution < -0.4 is 0 Å². The van der Waals surface area contributed by atoms with Crippen LogP contribution in [0.3, 0.4) is 0 Å². The van der Waals surface area contributed by atoms with Crippen molar-refractivity contribution in [3.05, 3.63) is 109 Å². The molecular formula is C54H86O6. The Morgan fingerprint density at radius 1 is 0.383 bits per heavy atom. The lowest BCUT2D eigenvalue weighted by atomic mass is 10.0. The molecule has 0 saturated heterocycles. The van der Waals surface area contributed by atoms with Gasteiger partial charge in [0.05, 0.1) is 6.42 Å². The highest BCUT2D eigenvalue weighted by molar-refractivity contribution is 5.72. The number of carbonyl (C=O) groups excluding carboxylic acids is 3. The Hall–Kier alpha value is -3.93. The summed E-state index contributed by atoms with van der Waals surface area (Å²) in [6, 6.07) is 0. The van der Waals surface area contributed by atoms with Gasteiger partial charge in [-0.05, 0) is 51.4 Å². The quantitative estimate of drug-likeness (QED) is 0.0201. The first-order valence-corrected chi connectivity index (χ1v) is 24.0. The normalized spacial score (nSPS) is 13.1. The molecule has 0 aliphatic rings. The van der Waals surface area contributed by atoms with E-state index in [-0.39, 0.29) is 31.6 Å². The lowest BCUT2D eigenvalue weighted by Gasteiger charge is -2.18. The second kappa shape index (κ2) is 47.7. The molecule has 6 heteroatoms. The zero-order valence-electron chi connectivity index (χ0n) is 38.4. The van der Waals surface area contributed by atoms with Crippen molar-refractivity contribution in [2.45, 2.75) is 200 Å². The fraction of sp³-hybridized carbons (Fsp3) is 0.611. The zero-order chi connectivity index (χ0) is 43.7. The van der Waals surface area contributed by atoms with E-state index < -0.39 is 12.1 Å². The first kappa shape index (κ1) is 56.1. The van der Waals surface area contributed by atoms with E-state index in [1.807, 2.05) is 66.8 Å². The number of hydrogen-bond acceptors (Lipinski definition) is 6. The van der Waals surface area contributed by atoms with Crippen LogP contribution >= 0.6 is 0 Å². The molecule has 0 aromatic heterocycles. The summed E-state index contributed by atoms with van der Waals surface area (Å²) < 4.78 is 16.6. The Bertz CT molecular complexity index is 1280. The largest absolute Gasteiger partial charge is 0.462 e. The summed E-state index contributed by atoms with van der Waals surface area (Å²) in [4.78, 5) is 37.7. The summed E-state index contributed by atoms with van der Waals surface area (Å²) in [6.07, 6.45) is 63.9. The van der Waals surface area contributed by atoms with E-state index in [1.54, 1.807) is 6.08 Å². The molecule has 1 atom stereocenters. The SMILES string of the molecule is CC\C=C/C=C\C=C/C=C\C=C\C=C/CCCCCC(=O)OCC(COC(=O)C/C=C\C/C=C\C/C=C\CC)OC(=O)CCCCCCCCCCCCCCCCCC. The molecule has 0 radical (unpaired) electrons. The van der Waals surface area contributed by atoms with Crippen molar-refractivity contribution in [3.8, 4) is 0 Å². The molecule has 0 aliphatic heterocycles. The van der Waals surface area contributed by atoms with Crippen molar-refractivity contribution >= 4 is 17.9 Å². The predicted molar refractivity (Wildman–Crippen MR) is 256 cm³/mol. The van der Waals surface area contributed by atoms with Crippen molar-refractivity contribution in [1.82, 2.24) is 0 Å². The molecule has 0 fully saturated rings. The molecule has 0 spiro atoms. The van der Waals surface area contributed by atoms with E-state index in [1.165, 1.54) is 83.5 Å². The van der Waals surface area contributed by atoms with Crippen molar-refractivity contribution in [2.24, 2.45) is 0 Å². The minimum absolute atomic E-state index is 0.124. The average Bonchev–Trinajstić information content (AvgIpc) is 3.24. The Balaban J connectivity index is 4.49. The van der Waals surface area contributed by atoms with E-state index in [2.05, 4.69) is 57.2 Å². The molecule has 0 N–H and O–H groups in total. The second-order valence-corrected chi connectivity index (χ2v) is 15.4. The highest BCUT2D eigenvalue weighted by Crippen LogP contribution is 2.15. The molecule has 1 unspecified atom stereocenters. The van der Waals surface area contributed by atoms with Crippen molar-refractivity contribution in [3.63, 3.8) is 0 Å². The molecule has 0 saturated carbocycles. The van der Waals surface area contributed by atoms with Crippen molar-refractivity contribution < 1.29 is 28.6 Å². The van der Waals surface area contributed by atoms with Gasteiger partial charge in [0.2, 0.25) is 0 Å². The number of rotatable bonds is 41. The van der Waals surface area contributed by atoms with Crippen LogP contribution in [0.4, 0.5) is 0 Å². The maximum atomic E-state index is 12.7. The molecule has 0 aromatic carbocycles. The topological polar surface area (TPSA) is 78.9 Å². The summed E-state index contributed by atoms with van der Waals surface area (Å²) in [5.74, 6) is -1.10. The third-order valence-corrected chi connectivity index (χ3v) is 9.72. The first-order valence-electron chi connectivity index (χ1n) is 24.0. The predicted octanol–water partition coefficient (Wildman–Crippen LogP) is 15.6. The van der Waals surface area contributed by atoms with Gasteiger partial charge in [-0.1, -0.05) is 233 Å². The number of esters is 3. The van der Waals surface area contributed by atoms with E-state index in [9.17, 15) is 14.4 Å². The lowest BCUT2D eigenvalue weighted by Crippen LogP contribution is -2.30. The molecule has 6 nitrogen and oxygen atoms in total. The second-order valence-electron chi connectivity index (χ2n) is 15.4. The number of hydrogen-bond donors (Lipinski definition) is 0. The van der Waals surface area contributed by atoms with E-state index >= 15 is 0 Å². The van der Waals surface area contributed by atoms with Gasteiger partial charge in [-0.2, -0.15) is 0 Å². The van der Waals surface area contributed by atoms with Gasteiger partial charge < -0.3 is 14.2 Å². The minimum atomic E-state index is -0.830. The molecule has 0 aromatic rings. The van der Waals surface area contributed by atoms with Crippen molar-refractivity contribution in [1.29, 1.82) is 0 Å². The Labute approximate surface area is 368 Å². The van der Waals surface area contributed by atoms with Gasteiger partial charge in [-0.25, -0.2) is 0 Å². The standard InChI is InChI=1S/C54H86O6/c1-4-7-10-13-16-19-21-23-25-27-29-30-32-35-38-41-44-47-53(56)59-50-51(49-58-52(55)46-43-40-37-34-18-15-12-9-6-3)60-54(57)48-45-42-39-36-33-31-28-26-24-22-20-17-14-11-8-5-2/h7,9-10,12-13,16,18-19,21,23,25,27,29-30,32,34,40,43,51H,4-6,8,11,14-15,17,20,22,24,26,28,31,33,35-39,41-42,44-50H2,1-3H3/b10-7-,12-9-,16-13-,21-19-,25-23-,29-27+,32-30-,34-18-,43-40-. The molecule has 0 rings (SSSR count). The van der Waals surface area contributed by atoms with Crippen LogP contribution in [0.2, 0.25) is 0 Å². The van der Waals surface area contributed by atoms with Gasteiger partial charge in [0.25, 0.3) is 0 Å². The third kappa shape index (κ3) is 45.2. The molecule has 0 bridgehead atoms. The van der Waals surface area contributed by atoms with Crippen molar-refractivity contribution in [2.75, 3.05) is 13.2 Å². The zero-order valence-corrected chi connectivity index (χ0v) is 38.4. The highest BCUT2D eigenvalue weighted by atomic mass is 16.6. The summed E-state index contributed by atoms with van der Waals surface area (Å²) in [5, 5.41) is 0. The molecule has 60 heavy (non-hydrogen) atoms. The van der Waals surface area contributed by atoms with Gasteiger partial charge >= 0.3 is 17.9 Å². The number of ether oxygens (including phenoxy) is 3. The summed E-state index contributed by atoms with van der Waals surface area (Å²) >= 11 is 0. The maximum Gasteiger partial charge on any atom is 0.309 e. The van der Waals surface area contributed by atoms with E-state index in [0.29, 0.717) is 12.8 Å². The van der Waals surface area contributed by atoms with Crippen LogP contribution in [-0.2, 0) is 28.6 Å². The molecular weight excluding hydrogens is 745 g/mol. The van der Waals surface area contributed by atoms with E-state index in [0.717, 1.165) is 70.6 Å². The fourth-order valence-electron chi connectivity index (χ4n) is 6.18. The van der Waals surface area contributed by atoms with Crippen LogP contribution in [0.5, 0.6) is 0 Å². The van der Waals surface area contributed by atoms with E-state index in [4.69, 9.17) is 14.2 Å². The average molecular weight is 831 g/mol. The summed E-state index contributed by atoms with van der Waals surface area (Å²) in [5.41, 5.74) is 0. The number of allylic oxidation sites excluding steroid dienone is 17. The van der Waals surface area contributed by atoms with Crippen LogP contribution in [0.1, 0.15) is 194 Å². The molecule has 0 heterocycles. The van der Waals surface area contributed by atoms with Crippen LogP contribution in [0, 0.1) is 0 Å². The molecule has 338 valence electrons. The highest BCUT2D eigenvalue weighted by Gasteiger charge is 2.19. The van der Waals surface area contributed by atoms with Gasteiger partial charge in [0.15, 0.2) is 6.10 Å². The number of unbranched alkanes of at least 4 members (excludes halogenated alkanes) is 18. The lowest BCUT2D eigenvalue weighted by molar-refractivity contribution is -0.166. The number of carbonyl (C=O) groups is 3. The van der Waals surface area contributed by atoms with Gasteiger partial charge in [-0.3, -0.25) is 14.4 Å². The van der Waals surface area contributed by atoms with Crippen LogP contribution in [0.25, 0.3) is 0 Å². The van der Waals surface area contributed by atoms with Crippen LogP contribution in [0.15, 0.2) is 109 Å². The maximum absolute atomic E-state index is 12.7. The minimum Gasteiger partial charge on any atom is -0.462 e. The Morgan fingerprint density at radius 3 is 1.30 bits per heavy atom. The van der Waals surface area contributed by atoms with Crippen LogP contribution in [-0.4, -0.2) is 37.2 Å². The fourth-order valence-corrected chi connectivity index (χ4v) is 6.18.